The number of rotatable bonds is 9. The van der Waals surface area contributed by atoms with Gasteiger partial charge in [-0.25, -0.2) is 0 Å². The maximum absolute atomic E-state index is 13.0. The molecule has 1 heterocycles. The third-order valence-electron chi connectivity index (χ3n) is 5.26. The van der Waals surface area contributed by atoms with Gasteiger partial charge in [0.15, 0.2) is 0 Å². The van der Waals surface area contributed by atoms with Crippen LogP contribution in [0.2, 0.25) is 10.0 Å². The van der Waals surface area contributed by atoms with E-state index in [1.165, 1.54) is 0 Å². The molecule has 11 heteroatoms. The molecule has 3 amide bonds. The molecular weight excluding hydrogens is 615 g/mol. The van der Waals surface area contributed by atoms with E-state index in [9.17, 15) is 14.4 Å². The zero-order valence-electron chi connectivity index (χ0n) is 20.0. The van der Waals surface area contributed by atoms with E-state index >= 15 is 0 Å². The van der Waals surface area contributed by atoms with Crippen molar-refractivity contribution in [1.82, 2.24) is 4.90 Å². The van der Waals surface area contributed by atoms with Gasteiger partial charge < -0.3 is 14.8 Å². The highest BCUT2D eigenvalue weighted by Crippen LogP contribution is 2.35. The van der Waals surface area contributed by atoms with E-state index in [4.69, 9.17) is 32.7 Å². The summed E-state index contributed by atoms with van der Waals surface area (Å²) in [5, 5.41) is 3.02. The smallest absolute Gasteiger partial charge is 0.294 e. The predicted octanol–water partition coefficient (Wildman–Crippen LogP) is 7.41. The molecule has 1 aliphatic rings. The summed E-state index contributed by atoms with van der Waals surface area (Å²) in [6.45, 7) is 2.22. The van der Waals surface area contributed by atoms with Gasteiger partial charge in [-0.3, -0.25) is 19.3 Å². The first kappa shape index (κ1) is 28.0. The molecule has 4 rings (SSSR count). The van der Waals surface area contributed by atoms with E-state index in [1.54, 1.807) is 66.7 Å². The second-order valence-electron chi connectivity index (χ2n) is 7.99. The molecule has 0 aromatic heterocycles. The second-order valence-corrected chi connectivity index (χ2v) is 10.7. The van der Waals surface area contributed by atoms with E-state index in [0.29, 0.717) is 39.4 Å². The van der Waals surface area contributed by atoms with Crippen molar-refractivity contribution < 1.29 is 23.9 Å². The molecule has 0 spiro atoms. The fraction of sp³-hybridized carbons (Fsp3) is 0.148. The Morgan fingerprint density at radius 2 is 1.79 bits per heavy atom. The van der Waals surface area contributed by atoms with Crippen molar-refractivity contribution in [3.05, 3.63) is 91.2 Å². The van der Waals surface area contributed by atoms with Gasteiger partial charge in [-0.1, -0.05) is 45.2 Å². The quantitative estimate of drug-likeness (QED) is 0.247. The normalized spacial score (nSPS) is 14.2. The van der Waals surface area contributed by atoms with Gasteiger partial charge in [-0.05, 0) is 84.9 Å². The molecule has 1 aliphatic heterocycles. The Hall–Kier alpha value is -2.98. The Labute approximate surface area is 242 Å². The van der Waals surface area contributed by atoms with Crippen molar-refractivity contribution in [3.8, 4) is 11.5 Å². The van der Waals surface area contributed by atoms with Crippen LogP contribution in [0.5, 0.6) is 11.5 Å². The van der Waals surface area contributed by atoms with Crippen LogP contribution in [0.4, 0.5) is 10.5 Å². The summed E-state index contributed by atoms with van der Waals surface area (Å²) in [6, 6.07) is 17.3. The standard InChI is InChI=1S/C27H21BrCl2N2O5S/c1-2-36-20-7-5-19(6-8-20)31-25(33)14-32-26(34)24(38-27(32)35)13-17-12-18(28)4-10-23(17)37-15-16-3-9-21(29)22(30)11-16/h3-13H,2,14-15H2,1H3,(H,31,33)/b24-13+. The molecule has 0 unspecified atom stereocenters. The molecule has 0 radical (unpaired) electrons. The van der Waals surface area contributed by atoms with E-state index in [2.05, 4.69) is 21.2 Å². The van der Waals surface area contributed by atoms with Crippen LogP contribution in [0.15, 0.2) is 70.0 Å². The van der Waals surface area contributed by atoms with Crippen molar-refractivity contribution in [2.24, 2.45) is 0 Å². The number of hydrogen-bond donors (Lipinski definition) is 1. The van der Waals surface area contributed by atoms with Gasteiger partial charge in [0.05, 0.1) is 21.6 Å². The minimum atomic E-state index is -0.558. The third-order valence-corrected chi connectivity index (χ3v) is 7.40. The van der Waals surface area contributed by atoms with Crippen LogP contribution in [-0.4, -0.2) is 35.1 Å². The average molecular weight is 636 g/mol. The van der Waals surface area contributed by atoms with Crippen molar-refractivity contribution in [2.75, 3.05) is 18.5 Å². The summed E-state index contributed by atoms with van der Waals surface area (Å²) in [5.74, 6) is 0.122. The largest absolute Gasteiger partial charge is 0.494 e. The minimum Gasteiger partial charge on any atom is -0.494 e. The van der Waals surface area contributed by atoms with Crippen LogP contribution in [-0.2, 0) is 16.2 Å². The van der Waals surface area contributed by atoms with Crippen molar-refractivity contribution in [2.45, 2.75) is 13.5 Å². The van der Waals surface area contributed by atoms with Gasteiger partial charge in [0.25, 0.3) is 11.1 Å². The summed E-state index contributed by atoms with van der Waals surface area (Å²) in [4.78, 5) is 39.2. The lowest BCUT2D eigenvalue weighted by molar-refractivity contribution is -0.127. The lowest BCUT2D eigenvalue weighted by atomic mass is 10.1. The monoisotopic (exact) mass is 634 g/mol. The number of benzene rings is 3. The molecule has 1 N–H and O–H groups in total. The molecule has 3 aromatic rings. The number of hydrogen-bond acceptors (Lipinski definition) is 6. The lowest BCUT2D eigenvalue weighted by Gasteiger charge is -2.13. The maximum atomic E-state index is 13.0. The number of carbonyl (C=O) groups is 3. The number of nitrogens with one attached hydrogen (secondary N) is 1. The van der Waals surface area contributed by atoms with Crippen molar-refractivity contribution >= 4 is 79.7 Å². The van der Waals surface area contributed by atoms with Crippen molar-refractivity contribution in [1.29, 1.82) is 0 Å². The number of halogens is 3. The number of amides is 3. The Bertz CT molecular complexity index is 1420. The van der Waals surface area contributed by atoms with E-state index in [1.807, 2.05) is 6.92 Å². The van der Waals surface area contributed by atoms with E-state index in [0.717, 1.165) is 26.7 Å². The Balaban J connectivity index is 1.45. The molecular formula is C27H21BrCl2N2O5S. The van der Waals surface area contributed by atoms with Crippen LogP contribution < -0.4 is 14.8 Å². The summed E-state index contributed by atoms with van der Waals surface area (Å²) in [5.41, 5.74) is 1.93. The van der Waals surface area contributed by atoms with E-state index < -0.39 is 23.6 Å². The first-order valence-corrected chi connectivity index (χ1v) is 13.7. The molecule has 3 aromatic carbocycles. The molecule has 1 saturated heterocycles. The molecule has 1 fully saturated rings. The average Bonchev–Trinajstić information content (AvgIpc) is 3.14. The predicted molar refractivity (Wildman–Crippen MR) is 154 cm³/mol. The van der Waals surface area contributed by atoms with Crippen LogP contribution >= 0.6 is 50.9 Å². The highest BCUT2D eigenvalue weighted by atomic mass is 79.9. The first-order valence-electron chi connectivity index (χ1n) is 11.4. The van der Waals surface area contributed by atoms with Gasteiger partial charge in [-0.2, -0.15) is 0 Å². The fourth-order valence-corrected chi connectivity index (χ4v) is 5.01. The molecule has 196 valence electrons. The van der Waals surface area contributed by atoms with Crippen LogP contribution in [0.3, 0.4) is 0 Å². The summed E-state index contributed by atoms with van der Waals surface area (Å²) >= 11 is 16.3. The van der Waals surface area contributed by atoms with Gasteiger partial charge in [-0.15, -0.1) is 0 Å². The topological polar surface area (TPSA) is 84.9 Å². The molecule has 7 nitrogen and oxygen atoms in total. The zero-order valence-corrected chi connectivity index (χ0v) is 23.9. The fourth-order valence-electron chi connectivity index (χ4n) is 3.48. The van der Waals surface area contributed by atoms with Gasteiger partial charge in [0, 0.05) is 15.7 Å². The Kier molecular flexibility index (Phi) is 9.38. The van der Waals surface area contributed by atoms with Gasteiger partial charge in [0.1, 0.15) is 24.7 Å². The Morgan fingerprint density at radius 1 is 1.03 bits per heavy atom. The lowest BCUT2D eigenvalue weighted by Crippen LogP contribution is -2.36. The number of carbonyl (C=O) groups excluding carboxylic acids is 3. The summed E-state index contributed by atoms with van der Waals surface area (Å²) in [6.07, 6.45) is 1.57. The SMILES string of the molecule is CCOc1ccc(NC(=O)CN2C(=O)S/C(=C/c3cc(Br)ccc3OCc3ccc(Cl)c(Cl)c3)C2=O)cc1. The number of anilines is 1. The zero-order chi connectivity index (χ0) is 27.2. The second kappa shape index (κ2) is 12.7. The van der Waals surface area contributed by atoms with Crippen molar-refractivity contribution in [3.63, 3.8) is 0 Å². The number of imide groups is 1. The van der Waals surface area contributed by atoms with Crippen LogP contribution in [0.25, 0.3) is 6.08 Å². The molecule has 0 aliphatic carbocycles. The highest BCUT2D eigenvalue weighted by Gasteiger charge is 2.36. The Morgan fingerprint density at radius 3 is 2.50 bits per heavy atom. The van der Waals surface area contributed by atoms with E-state index in [-0.39, 0.29) is 11.5 Å². The number of thioether (sulfide) groups is 1. The number of ether oxygens (including phenoxy) is 2. The van der Waals surface area contributed by atoms with Crippen LogP contribution in [0.1, 0.15) is 18.1 Å². The summed E-state index contributed by atoms with van der Waals surface area (Å²) in [7, 11) is 0. The first-order chi connectivity index (χ1) is 18.2. The van der Waals surface area contributed by atoms with Gasteiger partial charge in [0.2, 0.25) is 5.91 Å². The summed E-state index contributed by atoms with van der Waals surface area (Å²) < 4.78 is 12.1. The molecule has 38 heavy (non-hydrogen) atoms. The van der Waals surface area contributed by atoms with Gasteiger partial charge >= 0.3 is 0 Å². The minimum absolute atomic E-state index is 0.182. The van der Waals surface area contributed by atoms with Crippen LogP contribution in [0, 0.1) is 0 Å². The third kappa shape index (κ3) is 7.11. The maximum Gasteiger partial charge on any atom is 0.294 e. The molecule has 0 atom stereocenters. The number of nitrogens with zero attached hydrogens (tertiary/aromatic N) is 1. The molecule has 0 saturated carbocycles. The highest BCUT2D eigenvalue weighted by molar-refractivity contribution is 9.10. The molecule has 0 bridgehead atoms.